The van der Waals surface area contributed by atoms with Crippen LogP contribution >= 0.6 is 0 Å². The molecule has 1 aliphatic heterocycles. The van der Waals surface area contributed by atoms with Gasteiger partial charge in [0.25, 0.3) is 5.91 Å². The number of benzene rings is 2. The second-order valence-corrected chi connectivity index (χ2v) is 7.76. The third-order valence-electron chi connectivity index (χ3n) is 5.91. The quantitative estimate of drug-likeness (QED) is 0.503. The van der Waals surface area contributed by atoms with Gasteiger partial charge in [0.15, 0.2) is 11.5 Å². The number of para-hydroxylation sites is 1. The molecular formula is C24H27N3O6. The van der Waals surface area contributed by atoms with E-state index in [9.17, 15) is 14.7 Å². The van der Waals surface area contributed by atoms with Crippen molar-refractivity contribution in [2.75, 3.05) is 34.5 Å². The number of H-pyrrole nitrogens is 1. The van der Waals surface area contributed by atoms with E-state index in [-0.39, 0.29) is 11.5 Å². The molecule has 0 radical (unpaired) electrons. The summed E-state index contributed by atoms with van der Waals surface area (Å²) in [6.07, 6.45) is 0.698. The van der Waals surface area contributed by atoms with Gasteiger partial charge in [0.05, 0.1) is 34.5 Å². The van der Waals surface area contributed by atoms with E-state index in [1.807, 2.05) is 18.2 Å². The van der Waals surface area contributed by atoms with Gasteiger partial charge in [0.2, 0.25) is 11.7 Å². The molecule has 3 aromatic rings. The highest BCUT2D eigenvalue weighted by molar-refractivity contribution is 5.98. The molecule has 1 unspecified atom stereocenters. The number of methoxy groups -OCH3 is 3. The van der Waals surface area contributed by atoms with E-state index < -0.39 is 18.6 Å². The van der Waals surface area contributed by atoms with E-state index in [0.29, 0.717) is 36.8 Å². The maximum atomic E-state index is 13.1. The largest absolute Gasteiger partial charge is 0.493 e. The molecule has 0 saturated carbocycles. The first kappa shape index (κ1) is 22.5. The van der Waals surface area contributed by atoms with Crippen molar-refractivity contribution >= 4 is 22.7 Å². The Balaban J connectivity index is 1.51. The van der Waals surface area contributed by atoms with Crippen LogP contribution in [0.5, 0.6) is 17.2 Å². The van der Waals surface area contributed by atoms with Gasteiger partial charge in [-0.05, 0) is 30.2 Å². The number of carbonyl (C=O) groups is 2. The zero-order chi connectivity index (χ0) is 23.5. The molecule has 1 atom stereocenters. The van der Waals surface area contributed by atoms with Gasteiger partial charge in [-0.3, -0.25) is 9.59 Å². The fraction of sp³-hybridized carbons (Fsp3) is 0.333. The molecule has 0 fully saturated rings. The Labute approximate surface area is 191 Å². The fourth-order valence-corrected chi connectivity index (χ4v) is 4.24. The van der Waals surface area contributed by atoms with Gasteiger partial charge in [-0.15, -0.1) is 0 Å². The predicted octanol–water partition coefficient (Wildman–Crippen LogP) is 1.87. The van der Waals surface area contributed by atoms with Gasteiger partial charge in [0.1, 0.15) is 6.04 Å². The highest BCUT2D eigenvalue weighted by Gasteiger charge is 2.30. The minimum absolute atomic E-state index is 0.215. The number of hydrogen-bond donors (Lipinski definition) is 3. The second-order valence-electron chi connectivity index (χ2n) is 7.76. The first-order valence-corrected chi connectivity index (χ1v) is 10.6. The lowest BCUT2D eigenvalue weighted by Gasteiger charge is -2.30. The third-order valence-corrected chi connectivity index (χ3v) is 5.91. The number of aliphatic hydroxyl groups is 1. The average molecular weight is 453 g/mol. The molecule has 174 valence electrons. The Morgan fingerprint density at radius 1 is 1.12 bits per heavy atom. The lowest BCUT2D eigenvalue weighted by atomic mass is 10.0. The van der Waals surface area contributed by atoms with E-state index in [0.717, 1.165) is 16.6 Å². The molecule has 9 heteroatoms. The molecule has 0 bridgehead atoms. The molecule has 0 spiro atoms. The van der Waals surface area contributed by atoms with Crippen molar-refractivity contribution < 1.29 is 28.9 Å². The average Bonchev–Trinajstić information content (AvgIpc) is 3.23. The molecule has 1 aliphatic rings. The molecule has 2 heterocycles. The Kier molecular flexibility index (Phi) is 6.41. The molecule has 3 N–H and O–H groups in total. The summed E-state index contributed by atoms with van der Waals surface area (Å²) in [6, 6.07) is 9.94. The maximum absolute atomic E-state index is 13.1. The summed E-state index contributed by atoms with van der Waals surface area (Å²) < 4.78 is 15.9. The van der Waals surface area contributed by atoms with E-state index in [1.54, 1.807) is 4.90 Å². The number of amides is 2. The Hall–Kier alpha value is -3.72. The smallest absolute Gasteiger partial charge is 0.252 e. The Bertz CT molecular complexity index is 1160. The summed E-state index contributed by atoms with van der Waals surface area (Å²) >= 11 is 0. The number of ether oxygens (including phenoxy) is 3. The van der Waals surface area contributed by atoms with Crippen LogP contribution in [0.2, 0.25) is 0 Å². The number of carbonyl (C=O) groups excluding carboxylic acids is 2. The van der Waals surface area contributed by atoms with Crippen molar-refractivity contribution in [2.45, 2.75) is 19.0 Å². The number of aliphatic hydroxyl groups excluding tert-OH is 1. The summed E-state index contributed by atoms with van der Waals surface area (Å²) in [6.45, 7) is 0.370. The molecule has 1 aromatic heterocycles. The third kappa shape index (κ3) is 4.19. The Morgan fingerprint density at radius 2 is 1.82 bits per heavy atom. The summed E-state index contributed by atoms with van der Waals surface area (Å²) in [5, 5.41) is 13.7. The summed E-state index contributed by atoms with van der Waals surface area (Å²) in [5.41, 5.74) is 3.43. The Morgan fingerprint density at radius 3 is 2.45 bits per heavy atom. The molecule has 2 aromatic carbocycles. The van der Waals surface area contributed by atoms with Crippen LogP contribution in [-0.4, -0.2) is 67.3 Å². The van der Waals surface area contributed by atoms with Crippen LogP contribution < -0.4 is 19.5 Å². The molecule has 0 saturated heterocycles. The van der Waals surface area contributed by atoms with E-state index in [1.165, 1.54) is 39.0 Å². The summed E-state index contributed by atoms with van der Waals surface area (Å²) in [4.78, 5) is 31.1. The predicted molar refractivity (Wildman–Crippen MR) is 122 cm³/mol. The maximum Gasteiger partial charge on any atom is 0.252 e. The van der Waals surface area contributed by atoms with Crippen LogP contribution in [0, 0.1) is 0 Å². The standard InChI is InChI=1S/C24H27N3O6/c1-31-20-10-14(11-21(32-2)22(20)33-3)23(29)26-19(13-28)24(30)27-9-8-16-15-6-4-5-7-17(15)25-18(16)12-27/h4-7,10-11,19,25,28H,8-9,12-13H2,1-3H3,(H,26,29). The zero-order valence-electron chi connectivity index (χ0n) is 18.8. The van der Waals surface area contributed by atoms with Crippen LogP contribution in [-0.2, 0) is 17.8 Å². The van der Waals surface area contributed by atoms with Crippen molar-refractivity contribution in [3.8, 4) is 17.2 Å². The van der Waals surface area contributed by atoms with Gasteiger partial charge in [-0.1, -0.05) is 18.2 Å². The molecule has 4 rings (SSSR count). The van der Waals surface area contributed by atoms with Gasteiger partial charge in [-0.25, -0.2) is 0 Å². The number of fused-ring (bicyclic) bond motifs is 3. The van der Waals surface area contributed by atoms with E-state index in [2.05, 4.69) is 16.4 Å². The second kappa shape index (κ2) is 9.41. The van der Waals surface area contributed by atoms with E-state index >= 15 is 0 Å². The number of nitrogens with one attached hydrogen (secondary N) is 2. The number of rotatable bonds is 7. The zero-order valence-corrected chi connectivity index (χ0v) is 18.8. The van der Waals surface area contributed by atoms with E-state index in [4.69, 9.17) is 14.2 Å². The molecule has 0 aliphatic carbocycles. The van der Waals surface area contributed by atoms with Crippen molar-refractivity contribution in [1.29, 1.82) is 0 Å². The number of aromatic nitrogens is 1. The van der Waals surface area contributed by atoms with Gasteiger partial charge >= 0.3 is 0 Å². The van der Waals surface area contributed by atoms with Crippen LogP contribution in [0.25, 0.3) is 10.9 Å². The fourth-order valence-electron chi connectivity index (χ4n) is 4.24. The lowest BCUT2D eigenvalue weighted by molar-refractivity contribution is -0.135. The van der Waals surface area contributed by atoms with Crippen LogP contribution in [0.4, 0.5) is 0 Å². The van der Waals surface area contributed by atoms with Crippen LogP contribution in [0.1, 0.15) is 21.6 Å². The van der Waals surface area contributed by atoms with Crippen LogP contribution in [0.3, 0.4) is 0 Å². The molecule has 2 amide bonds. The SMILES string of the molecule is COc1cc(C(=O)NC(CO)C(=O)N2CCc3c([nH]c4ccccc34)C2)cc(OC)c1OC. The monoisotopic (exact) mass is 453 g/mol. The highest BCUT2D eigenvalue weighted by atomic mass is 16.5. The minimum Gasteiger partial charge on any atom is -0.493 e. The van der Waals surface area contributed by atoms with Crippen molar-refractivity contribution in [3.63, 3.8) is 0 Å². The number of aromatic amines is 1. The lowest BCUT2D eigenvalue weighted by Crippen LogP contribution is -2.51. The normalized spacial score (nSPS) is 13.9. The highest BCUT2D eigenvalue weighted by Crippen LogP contribution is 2.38. The number of nitrogens with zero attached hydrogens (tertiary/aromatic N) is 1. The number of hydrogen-bond acceptors (Lipinski definition) is 6. The van der Waals surface area contributed by atoms with Crippen LogP contribution in [0.15, 0.2) is 36.4 Å². The molecule has 9 nitrogen and oxygen atoms in total. The topological polar surface area (TPSA) is 113 Å². The van der Waals surface area contributed by atoms with Gasteiger partial charge in [0, 0.05) is 28.7 Å². The van der Waals surface area contributed by atoms with Crippen molar-refractivity contribution in [2.24, 2.45) is 0 Å². The first-order chi connectivity index (χ1) is 16.0. The summed E-state index contributed by atoms with van der Waals surface area (Å²) in [5.74, 6) is 0.105. The minimum atomic E-state index is -1.08. The first-order valence-electron chi connectivity index (χ1n) is 10.6. The summed E-state index contributed by atoms with van der Waals surface area (Å²) in [7, 11) is 4.37. The molecule has 33 heavy (non-hydrogen) atoms. The van der Waals surface area contributed by atoms with Crippen molar-refractivity contribution in [1.82, 2.24) is 15.2 Å². The van der Waals surface area contributed by atoms with Crippen molar-refractivity contribution in [3.05, 3.63) is 53.2 Å². The van der Waals surface area contributed by atoms with Gasteiger partial charge in [-0.2, -0.15) is 0 Å². The van der Waals surface area contributed by atoms with Gasteiger partial charge < -0.3 is 34.5 Å². The molecular weight excluding hydrogens is 426 g/mol.